The molecule has 4 nitrogen and oxygen atoms in total. The van der Waals surface area contributed by atoms with Crippen molar-refractivity contribution >= 4 is 23.2 Å². The smallest absolute Gasteiger partial charge is 0.255 e. The maximum absolute atomic E-state index is 12.8. The number of aryl methyl sites for hydroxylation is 1. The molecule has 0 aliphatic heterocycles. The fourth-order valence-electron chi connectivity index (χ4n) is 3.22. The average molecular weight is 452 g/mol. The summed E-state index contributed by atoms with van der Waals surface area (Å²) in [6.07, 6.45) is 0. The third-order valence-corrected chi connectivity index (χ3v) is 5.57. The van der Waals surface area contributed by atoms with Crippen molar-refractivity contribution in [1.82, 2.24) is 0 Å². The molecule has 0 radical (unpaired) electrons. The molecule has 3 aromatic rings. The van der Waals surface area contributed by atoms with E-state index in [1.165, 1.54) is 5.56 Å². The van der Waals surface area contributed by atoms with Crippen molar-refractivity contribution < 1.29 is 14.3 Å². The third kappa shape index (κ3) is 6.04. The molecule has 5 heteroatoms. The monoisotopic (exact) mass is 451 g/mol. The van der Waals surface area contributed by atoms with Crippen LogP contribution < -0.4 is 14.8 Å². The molecule has 3 rings (SSSR count). The first-order chi connectivity index (χ1) is 15.2. The second kappa shape index (κ2) is 10.1. The van der Waals surface area contributed by atoms with Crippen LogP contribution in [0.15, 0.2) is 60.7 Å². The number of benzene rings is 3. The topological polar surface area (TPSA) is 47.6 Å². The fourth-order valence-corrected chi connectivity index (χ4v) is 3.40. The second-order valence-corrected chi connectivity index (χ2v) is 9.14. The lowest BCUT2D eigenvalue weighted by Crippen LogP contribution is -2.13. The van der Waals surface area contributed by atoms with E-state index in [-0.39, 0.29) is 11.3 Å². The van der Waals surface area contributed by atoms with Crippen molar-refractivity contribution in [2.75, 3.05) is 11.9 Å². The van der Waals surface area contributed by atoms with Crippen LogP contribution in [0.25, 0.3) is 0 Å². The zero-order chi connectivity index (χ0) is 23.3. The number of hydrogen-bond donors (Lipinski definition) is 1. The van der Waals surface area contributed by atoms with Crippen LogP contribution in [0.5, 0.6) is 11.5 Å². The number of carbonyl (C=O) groups excluding carboxylic acids is 1. The Labute approximate surface area is 195 Å². The Morgan fingerprint density at radius 3 is 2.31 bits per heavy atom. The molecule has 0 aliphatic rings. The SMILES string of the molecule is CCOc1ccc(C(=O)Nc2ccc(C)c(Cl)c2)cc1COc1ccc(C(C)(C)C)cc1. The Morgan fingerprint density at radius 2 is 1.69 bits per heavy atom. The third-order valence-electron chi connectivity index (χ3n) is 5.17. The van der Waals surface area contributed by atoms with Gasteiger partial charge >= 0.3 is 0 Å². The number of carbonyl (C=O) groups is 1. The highest BCUT2D eigenvalue weighted by Gasteiger charge is 2.14. The van der Waals surface area contributed by atoms with E-state index in [4.69, 9.17) is 21.1 Å². The lowest BCUT2D eigenvalue weighted by Gasteiger charge is -2.19. The molecule has 0 spiro atoms. The summed E-state index contributed by atoms with van der Waals surface area (Å²) >= 11 is 6.17. The van der Waals surface area contributed by atoms with Crippen molar-refractivity contribution in [3.8, 4) is 11.5 Å². The molecule has 0 aromatic heterocycles. The summed E-state index contributed by atoms with van der Waals surface area (Å²) in [5, 5.41) is 3.51. The minimum absolute atomic E-state index is 0.0873. The molecule has 0 atom stereocenters. The Balaban J connectivity index is 1.76. The van der Waals surface area contributed by atoms with Crippen LogP contribution >= 0.6 is 11.6 Å². The maximum atomic E-state index is 12.8. The predicted octanol–water partition coefficient (Wildman–Crippen LogP) is 7.18. The first-order valence-electron chi connectivity index (χ1n) is 10.7. The second-order valence-electron chi connectivity index (χ2n) is 8.74. The highest BCUT2D eigenvalue weighted by Crippen LogP contribution is 2.27. The number of amides is 1. The van der Waals surface area contributed by atoms with Gasteiger partial charge in [0.2, 0.25) is 0 Å². The molecule has 0 aliphatic carbocycles. The summed E-state index contributed by atoms with van der Waals surface area (Å²) in [4.78, 5) is 12.8. The van der Waals surface area contributed by atoms with Gasteiger partial charge in [-0.3, -0.25) is 4.79 Å². The fraction of sp³-hybridized carbons (Fsp3) is 0.296. The summed E-state index contributed by atoms with van der Waals surface area (Å²) in [5.41, 5.74) is 4.27. The van der Waals surface area contributed by atoms with Crippen molar-refractivity contribution in [3.05, 3.63) is 87.9 Å². The standard InChI is InChI=1S/C27H30ClNO3/c1-6-31-25-14-8-19(26(30)29-22-11-7-18(2)24(28)16-22)15-20(25)17-32-23-12-9-21(10-13-23)27(3,4)5/h7-16H,6,17H2,1-5H3,(H,29,30). The number of anilines is 1. The molecule has 1 amide bonds. The van der Waals surface area contributed by atoms with Crippen molar-refractivity contribution in [1.29, 1.82) is 0 Å². The van der Waals surface area contributed by atoms with Gasteiger partial charge < -0.3 is 14.8 Å². The van der Waals surface area contributed by atoms with Crippen LogP contribution in [-0.4, -0.2) is 12.5 Å². The van der Waals surface area contributed by atoms with E-state index in [2.05, 4.69) is 38.2 Å². The zero-order valence-corrected chi connectivity index (χ0v) is 20.0. The molecule has 0 saturated heterocycles. The summed E-state index contributed by atoms with van der Waals surface area (Å²) in [6.45, 7) is 11.2. The largest absolute Gasteiger partial charge is 0.493 e. The molecule has 0 fully saturated rings. The number of nitrogens with one attached hydrogen (secondary N) is 1. The van der Waals surface area contributed by atoms with Crippen molar-refractivity contribution in [3.63, 3.8) is 0 Å². The van der Waals surface area contributed by atoms with Gasteiger partial charge in [-0.1, -0.05) is 50.6 Å². The molecule has 0 unspecified atom stereocenters. The maximum Gasteiger partial charge on any atom is 0.255 e. The van der Waals surface area contributed by atoms with E-state index >= 15 is 0 Å². The van der Waals surface area contributed by atoms with Crippen LogP contribution in [0.3, 0.4) is 0 Å². The normalized spacial score (nSPS) is 11.2. The van der Waals surface area contributed by atoms with Gasteiger partial charge in [0, 0.05) is 21.8 Å². The van der Waals surface area contributed by atoms with Gasteiger partial charge in [-0.15, -0.1) is 0 Å². The van der Waals surface area contributed by atoms with Crippen LogP contribution in [0.2, 0.25) is 5.02 Å². The molecule has 1 N–H and O–H groups in total. The Bertz CT molecular complexity index is 1090. The van der Waals surface area contributed by atoms with Gasteiger partial charge in [-0.25, -0.2) is 0 Å². The molecular formula is C27H30ClNO3. The lowest BCUT2D eigenvalue weighted by molar-refractivity contribution is 0.102. The van der Waals surface area contributed by atoms with E-state index in [1.807, 2.05) is 44.2 Å². The van der Waals surface area contributed by atoms with Gasteiger partial charge in [0.05, 0.1) is 6.61 Å². The molecule has 0 bridgehead atoms. The summed E-state index contributed by atoms with van der Waals surface area (Å²) < 4.78 is 11.7. The van der Waals surface area contributed by atoms with Gasteiger partial charge in [-0.2, -0.15) is 0 Å². The predicted molar refractivity (Wildman–Crippen MR) is 131 cm³/mol. The molecule has 0 heterocycles. The molecular weight excluding hydrogens is 422 g/mol. The van der Waals surface area contributed by atoms with Gasteiger partial charge in [0.25, 0.3) is 5.91 Å². The van der Waals surface area contributed by atoms with Crippen LogP contribution in [0, 0.1) is 6.92 Å². The molecule has 168 valence electrons. The van der Waals surface area contributed by atoms with Crippen molar-refractivity contribution in [2.45, 2.75) is 46.6 Å². The molecule has 32 heavy (non-hydrogen) atoms. The Morgan fingerprint density at radius 1 is 0.969 bits per heavy atom. The van der Waals surface area contributed by atoms with Crippen LogP contribution in [-0.2, 0) is 12.0 Å². The van der Waals surface area contributed by atoms with E-state index in [1.54, 1.807) is 18.2 Å². The summed E-state index contributed by atoms with van der Waals surface area (Å²) in [7, 11) is 0. The average Bonchev–Trinajstić information content (AvgIpc) is 2.75. The van der Waals surface area contributed by atoms with E-state index in [0.717, 1.165) is 16.9 Å². The minimum Gasteiger partial charge on any atom is -0.493 e. The summed E-state index contributed by atoms with van der Waals surface area (Å²) in [6, 6.07) is 18.9. The number of halogens is 1. The van der Waals surface area contributed by atoms with E-state index in [0.29, 0.717) is 35.2 Å². The molecule has 3 aromatic carbocycles. The number of hydrogen-bond acceptors (Lipinski definition) is 3. The van der Waals surface area contributed by atoms with Gasteiger partial charge in [-0.05, 0) is 72.9 Å². The summed E-state index contributed by atoms with van der Waals surface area (Å²) in [5.74, 6) is 1.25. The first-order valence-corrected chi connectivity index (χ1v) is 11.1. The van der Waals surface area contributed by atoms with Crippen LogP contribution in [0.1, 0.15) is 54.7 Å². The quantitative estimate of drug-likeness (QED) is 0.414. The zero-order valence-electron chi connectivity index (χ0n) is 19.3. The number of ether oxygens (including phenoxy) is 2. The molecule has 0 saturated carbocycles. The Hall–Kier alpha value is -2.98. The highest BCUT2D eigenvalue weighted by molar-refractivity contribution is 6.31. The van der Waals surface area contributed by atoms with Gasteiger partial charge in [0.1, 0.15) is 18.1 Å². The van der Waals surface area contributed by atoms with Crippen molar-refractivity contribution in [2.24, 2.45) is 0 Å². The first kappa shape index (κ1) is 23.7. The minimum atomic E-state index is -0.219. The lowest BCUT2D eigenvalue weighted by atomic mass is 9.87. The van der Waals surface area contributed by atoms with Gasteiger partial charge in [0.15, 0.2) is 0 Å². The Kier molecular flexibility index (Phi) is 7.47. The van der Waals surface area contributed by atoms with Crippen LogP contribution in [0.4, 0.5) is 5.69 Å². The highest BCUT2D eigenvalue weighted by atomic mass is 35.5. The number of rotatable bonds is 7. The van der Waals surface area contributed by atoms with E-state index in [9.17, 15) is 4.79 Å². The van der Waals surface area contributed by atoms with E-state index < -0.39 is 0 Å².